The molecule has 25 heavy (non-hydrogen) atoms. The van der Waals surface area contributed by atoms with Crippen LogP contribution >= 0.6 is 15.9 Å². The third kappa shape index (κ3) is 4.87. The van der Waals surface area contributed by atoms with Crippen LogP contribution in [0.3, 0.4) is 0 Å². The number of hydrogen-bond acceptors (Lipinski definition) is 4. The van der Waals surface area contributed by atoms with Gasteiger partial charge in [0.1, 0.15) is 0 Å². The van der Waals surface area contributed by atoms with Gasteiger partial charge in [-0.25, -0.2) is 0 Å². The molecule has 1 heterocycles. The molecule has 0 saturated carbocycles. The standard InChI is InChI=1S/C19H17BrN4O/c1-13-3-2-4-14(11-13)12-21-19(25)17-9-10-18(24-23-17)22-16-7-5-15(20)6-8-16/h2-11H,12H2,1H3,(H,21,25)(H,22,24). The Morgan fingerprint density at radius 1 is 1.04 bits per heavy atom. The van der Waals surface area contributed by atoms with E-state index in [1.807, 2.05) is 55.5 Å². The fraction of sp³-hybridized carbons (Fsp3) is 0.105. The van der Waals surface area contributed by atoms with E-state index in [1.165, 1.54) is 0 Å². The molecule has 0 atom stereocenters. The molecule has 0 spiro atoms. The Bertz CT molecular complexity index is 863. The van der Waals surface area contributed by atoms with Gasteiger partial charge in [0, 0.05) is 16.7 Å². The maximum absolute atomic E-state index is 12.2. The van der Waals surface area contributed by atoms with Crippen LogP contribution in [0.1, 0.15) is 21.6 Å². The van der Waals surface area contributed by atoms with Crippen LogP contribution in [0.2, 0.25) is 0 Å². The minimum atomic E-state index is -0.246. The highest BCUT2D eigenvalue weighted by Gasteiger charge is 2.08. The van der Waals surface area contributed by atoms with Gasteiger partial charge in [0.2, 0.25) is 0 Å². The first-order valence-corrected chi connectivity index (χ1v) is 8.59. The lowest BCUT2D eigenvalue weighted by Crippen LogP contribution is -2.24. The van der Waals surface area contributed by atoms with Crippen LogP contribution in [0.15, 0.2) is 65.1 Å². The Morgan fingerprint density at radius 3 is 2.52 bits per heavy atom. The molecule has 0 aliphatic carbocycles. The molecular weight excluding hydrogens is 380 g/mol. The molecule has 0 bridgehead atoms. The Balaban J connectivity index is 1.59. The highest BCUT2D eigenvalue weighted by molar-refractivity contribution is 9.10. The molecule has 2 aromatic carbocycles. The monoisotopic (exact) mass is 396 g/mol. The van der Waals surface area contributed by atoms with Gasteiger partial charge < -0.3 is 10.6 Å². The van der Waals surface area contributed by atoms with E-state index in [9.17, 15) is 4.79 Å². The number of aryl methyl sites for hydroxylation is 1. The minimum Gasteiger partial charge on any atom is -0.347 e. The summed E-state index contributed by atoms with van der Waals surface area (Å²) in [6.45, 7) is 2.48. The third-order valence-corrected chi connectivity index (χ3v) is 4.08. The highest BCUT2D eigenvalue weighted by Crippen LogP contribution is 2.17. The topological polar surface area (TPSA) is 66.9 Å². The second-order valence-corrected chi connectivity index (χ2v) is 6.52. The minimum absolute atomic E-state index is 0.246. The van der Waals surface area contributed by atoms with Gasteiger partial charge in [-0.05, 0) is 48.9 Å². The number of anilines is 2. The van der Waals surface area contributed by atoms with Crippen molar-refractivity contribution in [2.24, 2.45) is 0 Å². The second kappa shape index (κ2) is 7.90. The average Bonchev–Trinajstić information content (AvgIpc) is 2.62. The summed E-state index contributed by atoms with van der Waals surface area (Å²) in [6, 6.07) is 19.1. The number of rotatable bonds is 5. The van der Waals surface area contributed by atoms with Crippen molar-refractivity contribution in [2.45, 2.75) is 13.5 Å². The Labute approximate surface area is 154 Å². The summed E-state index contributed by atoms with van der Waals surface area (Å²) in [7, 11) is 0. The Hall–Kier alpha value is -2.73. The second-order valence-electron chi connectivity index (χ2n) is 5.61. The fourth-order valence-corrected chi connectivity index (χ4v) is 2.56. The number of carbonyl (C=O) groups excluding carboxylic acids is 1. The van der Waals surface area contributed by atoms with Crippen LogP contribution in [-0.2, 0) is 6.54 Å². The molecule has 3 rings (SSSR count). The summed E-state index contributed by atoms with van der Waals surface area (Å²) in [6.07, 6.45) is 0. The van der Waals surface area contributed by atoms with Crippen LogP contribution < -0.4 is 10.6 Å². The molecular formula is C19H17BrN4O. The molecule has 0 unspecified atom stereocenters. The predicted molar refractivity (Wildman–Crippen MR) is 102 cm³/mol. The molecule has 2 N–H and O–H groups in total. The molecule has 0 aliphatic rings. The van der Waals surface area contributed by atoms with Crippen LogP contribution in [0.4, 0.5) is 11.5 Å². The largest absolute Gasteiger partial charge is 0.347 e. The molecule has 0 fully saturated rings. The van der Waals surface area contributed by atoms with Gasteiger partial charge >= 0.3 is 0 Å². The normalized spacial score (nSPS) is 10.3. The number of amides is 1. The summed E-state index contributed by atoms with van der Waals surface area (Å²) >= 11 is 3.39. The van der Waals surface area contributed by atoms with Crippen LogP contribution in [0.25, 0.3) is 0 Å². The van der Waals surface area contributed by atoms with Crippen molar-refractivity contribution >= 4 is 33.3 Å². The molecule has 0 saturated heterocycles. The van der Waals surface area contributed by atoms with E-state index in [0.717, 1.165) is 21.3 Å². The lowest BCUT2D eigenvalue weighted by atomic mass is 10.1. The Kier molecular flexibility index (Phi) is 5.40. The summed E-state index contributed by atoms with van der Waals surface area (Å²) in [5.41, 5.74) is 3.40. The first-order valence-electron chi connectivity index (χ1n) is 7.80. The van der Waals surface area contributed by atoms with E-state index in [-0.39, 0.29) is 11.6 Å². The summed E-state index contributed by atoms with van der Waals surface area (Å²) in [4.78, 5) is 12.2. The summed E-state index contributed by atoms with van der Waals surface area (Å²) < 4.78 is 1.00. The van der Waals surface area contributed by atoms with Gasteiger partial charge in [0.15, 0.2) is 11.5 Å². The van der Waals surface area contributed by atoms with E-state index in [4.69, 9.17) is 0 Å². The zero-order valence-corrected chi connectivity index (χ0v) is 15.2. The SMILES string of the molecule is Cc1cccc(CNC(=O)c2ccc(Nc3ccc(Br)cc3)nn2)c1. The van der Waals surface area contributed by atoms with Crippen molar-refractivity contribution < 1.29 is 4.79 Å². The van der Waals surface area contributed by atoms with Gasteiger partial charge in [0.25, 0.3) is 5.91 Å². The number of halogens is 1. The van der Waals surface area contributed by atoms with Crippen molar-refractivity contribution in [3.8, 4) is 0 Å². The molecule has 5 nitrogen and oxygen atoms in total. The van der Waals surface area contributed by atoms with Crippen LogP contribution in [0, 0.1) is 6.92 Å². The van der Waals surface area contributed by atoms with Gasteiger partial charge in [-0.1, -0.05) is 45.8 Å². The molecule has 3 aromatic rings. The maximum Gasteiger partial charge on any atom is 0.272 e. The number of aromatic nitrogens is 2. The predicted octanol–water partition coefficient (Wildman–Crippen LogP) is 4.22. The molecule has 0 aliphatic heterocycles. The van der Waals surface area contributed by atoms with Crippen molar-refractivity contribution in [1.29, 1.82) is 0 Å². The zero-order chi connectivity index (χ0) is 17.6. The van der Waals surface area contributed by atoms with E-state index in [1.54, 1.807) is 12.1 Å². The van der Waals surface area contributed by atoms with Gasteiger partial charge in [-0.3, -0.25) is 4.79 Å². The molecule has 126 valence electrons. The highest BCUT2D eigenvalue weighted by atomic mass is 79.9. The fourth-order valence-electron chi connectivity index (χ4n) is 2.30. The quantitative estimate of drug-likeness (QED) is 0.677. The van der Waals surface area contributed by atoms with Crippen LogP contribution in [0.5, 0.6) is 0 Å². The molecule has 1 amide bonds. The smallest absolute Gasteiger partial charge is 0.272 e. The number of hydrogen-bond donors (Lipinski definition) is 2. The van der Waals surface area contributed by atoms with Crippen molar-refractivity contribution in [2.75, 3.05) is 5.32 Å². The Morgan fingerprint density at radius 2 is 1.84 bits per heavy atom. The van der Waals surface area contributed by atoms with Crippen molar-refractivity contribution in [3.63, 3.8) is 0 Å². The molecule has 0 radical (unpaired) electrons. The number of carbonyl (C=O) groups is 1. The van der Waals surface area contributed by atoms with E-state index in [2.05, 4.69) is 36.8 Å². The van der Waals surface area contributed by atoms with E-state index >= 15 is 0 Å². The van der Waals surface area contributed by atoms with Gasteiger partial charge in [-0.2, -0.15) is 0 Å². The zero-order valence-electron chi connectivity index (χ0n) is 13.7. The summed E-state index contributed by atoms with van der Waals surface area (Å²) in [5, 5.41) is 14.0. The molecule has 6 heteroatoms. The van der Waals surface area contributed by atoms with Crippen LogP contribution in [-0.4, -0.2) is 16.1 Å². The summed E-state index contributed by atoms with van der Waals surface area (Å²) in [5.74, 6) is 0.335. The lowest BCUT2D eigenvalue weighted by Gasteiger charge is -2.07. The number of nitrogens with zero attached hydrogens (tertiary/aromatic N) is 2. The first-order chi connectivity index (χ1) is 12.1. The van der Waals surface area contributed by atoms with E-state index in [0.29, 0.717) is 12.4 Å². The number of benzene rings is 2. The van der Waals surface area contributed by atoms with Gasteiger partial charge in [-0.15, -0.1) is 10.2 Å². The number of nitrogens with one attached hydrogen (secondary N) is 2. The average molecular weight is 397 g/mol. The lowest BCUT2D eigenvalue weighted by molar-refractivity contribution is 0.0945. The molecule has 1 aromatic heterocycles. The van der Waals surface area contributed by atoms with Gasteiger partial charge in [0.05, 0.1) is 0 Å². The van der Waals surface area contributed by atoms with Crippen molar-refractivity contribution in [1.82, 2.24) is 15.5 Å². The van der Waals surface area contributed by atoms with Crippen molar-refractivity contribution in [3.05, 3.63) is 82.0 Å². The van der Waals surface area contributed by atoms with E-state index < -0.39 is 0 Å². The third-order valence-electron chi connectivity index (χ3n) is 3.55. The first kappa shape index (κ1) is 17.1. The maximum atomic E-state index is 12.2.